The number of hydrogen-bond acceptors (Lipinski definition) is 7. The predicted octanol–water partition coefficient (Wildman–Crippen LogP) is 0.987. The van der Waals surface area contributed by atoms with E-state index in [0.717, 1.165) is 11.3 Å². The van der Waals surface area contributed by atoms with E-state index in [-0.39, 0.29) is 34.4 Å². The summed E-state index contributed by atoms with van der Waals surface area (Å²) >= 11 is 0. The summed E-state index contributed by atoms with van der Waals surface area (Å²) in [7, 11) is 0. The fourth-order valence-electron chi connectivity index (χ4n) is 4.00. The van der Waals surface area contributed by atoms with Crippen LogP contribution in [0.25, 0.3) is 11.0 Å². The van der Waals surface area contributed by atoms with Gasteiger partial charge in [-0.05, 0) is 43.3 Å². The molecule has 2 aromatic carbocycles. The van der Waals surface area contributed by atoms with Gasteiger partial charge in [0.15, 0.2) is 5.58 Å². The standard InChI is InChI=1S/C23H23NO7/c1-2-29-14-5-7-15(8-6-14)31-20-13-30-22-16(21(20)26)9-10-19(25)17(22)12-24-11-3-4-18(24)23(27)28/h5-10,13,18,25H,2-4,11-12H2,1H3,(H,27,28)/t18-/m0/s1. The van der Waals surface area contributed by atoms with Crippen LogP contribution in [-0.4, -0.2) is 30.3 Å². The zero-order valence-corrected chi connectivity index (χ0v) is 17.1. The van der Waals surface area contributed by atoms with E-state index in [1.54, 1.807) is 24.3 Å². The molecule has 1 aliphatic heterocycles. The van der Waals surface area contributed by atoms with Crippen LogP contribution in [0.4, 0.5) is 0 Å². The van der Waals surface area contributed by atoms with Crippen molar-refractivity contribution in [1.29, 1.82) is 0 Å². The smallest absolute Gasteiger partial charge is 0.235 e. The summed E-state index contributed by atoms with van der Waals surface area (Å²) in [5.74, 6) is -0.00584. The molecule has 0 spiro atoms. The van der Waals surface area contributed by atoms with Gasteiger partial charge in [-0.25, -0.2) is 0 Å². The average molecular weight is 425 g/mol. The van der Waals surface area contributed by atoms with Crippen LogP contribution in [0.5, 0.6) is 23.0 Å². The highest BCUT2D eigenvalue weighted by molar-refractivity contribution is 5.83. The van der Waals surface area contributed by atoms with Crippen LogP contribution >= 0.6 is 0 Å². The number of fused-ring (bicyclic) bond motifs is 1. The molecule has 1 aliphatic rings. The minimum atomic E-state index is -1.11. The Hall–Kier alpha value is -3.52. The molecule has 31 heavy (non-hydrogen) atoms. The van der Waals surface area contributed by atoms with Crippen LogP contribution in [0, 0.1) is 0 Å². The lowest BCUT2D eigenvalue weighted by atomic mass is 10.1. The zero-order chi connectivity index (χ0) is 22.0. The van der Waals surface area contributed by atoms with E-state index in [1.165, 1.54) is 18.4 Å². The van der Waals surface area contributed by atoms with Crippen LogP contribution in [0.15, 0.2) is 51.9 Å². The van der Waals surface area contributed by atoms with Crippen molar-refractivity contribution in [3.63, 3.8) is 0 Å². The lowest BCUT2D eigenvalue weighted by Crippen LogP contribution is -3.14. The maximum Gasteiger partial charge on any atom is 0.235 e. The number of phenolic OH excluding ortho intramolecular Hbond substituents is 1. The van der Waals surface area contributed by atoms with Crippen molar-refractivity contribution in [2.24, 2.45) is 0 Å². The molecule has 1 fully saturated rings. The normalized spacial score (nSPS) is 18.2. The molecule has 2 atom stereocenters. The van der Waals surface area contributed by atoms with Crippen molar-refractivity contribution in [3.05, 3.63) is 58.4 Å². The molecule has 1 saturated heterocycles. The van der Waals surface area contributed by atoms with E-state index >= 15 is 0 Å². The number of carbonyl (C=O) groups excluding carboxylic acids is 1. The second kappa shape index (κ2) is 8.69. The third kappa shape index (κ3) is 4.20. The summed E-state index contributed by atoms with van der Waals surface area (Å²) in [6, 6.07) is 9.10. The van der Waals surface area contributed by atoms with Crippen molar-refractivity contribution in [2.75, 3.05) is 13.2 Å². The maximum atomic E-state index is 13.0. The average Bonchev–Trinajstić information content (AvgIpc) is 3.22. The monoisotopic (exact) mass is 425 g/mol. The number of carboxylic acids is 1. The molecule has 2 heterocycles. The van der Waals surface area contributed by atoms with Crippen LogP contribution in [0.3, 0.4) is 0 Å². The van der Waals surface area contributed by atoms with Gasteiger partial charge in [-0.1, -0.05) is 0 Å². The number of quaternary nitrogens is 1. The number of carbonyl (C=O) groups is 1. The molecule has 0 radical (unpaired) electrons. The number of likely N-dealkylation sites (tertiary alicyclic amines) is 1. The molecular formula is C23H23NO7. The quantitative estimate of drug-likeness (QED) is 0.580. The first kappa shape index (κ1) is 20.7. The number of ether oxygens (including phenoxy) is 2. The Kier molecular flexibility index (Phi) is 5.81. The molecule has 3 aromatic rings. The van der Waals surface area contributed by atoms with Gasteiger partial charge in [-0.15, -0.1) is 0 Å². The van der Waals surface area contributed by atoms with Gasteiger partial charge in [0.05, 0.1) is 30.1 Å². The van der Waals surface area contributed by atoms with E-state index in [9.17, 15) is 19.8 Å². The Bertz CT molecular complexity index is 1150. The van der Waals surface area contributed by atoms with E-state index < -0.39 is 12.0 Å². The van der Waals surface area contributed by atoms with Crippen LogP contribution < -0.4 is 24.9 Å². The van der Waals surface area contributed by atoms with Gasteiger partial charge in [0, 0.05) is 12.8 Å². The highest BCUT2D eigenvalue weighted by Gasteiger charge is 2.31. The van der Waals surface area contributed by atoms with Gasteiger partial charge in [0.25, 0.3) is 0 Å². The Morgan fingerprint density at radius 3 is 2.68 bits per heavy atom. The third-order valence-electron chi connectivity index (χ3n) is 5.52. The second-order valence-electron chi connectivity index (χ2n) is 7.47. The third-order valence-corrected chi connectivity index (χ3v) is 5.52. The zero-order valence-electron chi connectivity index (χ0n) is 17.1. The second-order valence-corrected chi connectivity index (χ2v) is 7.47. The Labute approximate surface area is 178 Å². The van der Waals surface area contributed by atoms with Crippen LogP contribution in [0.1, 0.15) is 25.3 Å². The summed E-state index contributed by atoms with van der Waals surface area (Å²) < 4.78 is 16.8. The molecule has 2 N–H and O–H groups in total. The summed E-state index contributed by atoms with van der Waals surface area (Å²) in [5, 5.41) is 22.0. The summed E-state index contributed by atoms with van der Waals surface area (Å²) in [4.78, 5) is 25.1. The molecule has 162 valence electrons. The van der Waals surface area contributed by atoms with Gasteiger partial charge in [0.1, 0.15) is 36.1 Å². The van der Waals surface area contributed by atoms with Crippen molar-refractivity contribution >= 4 is 16.9 Å². The van der Waals surface area contributed by atoms with Crippen molar-refractivity contribution < 1.29 is 33.8 Å². The molecule has 8 heteroatoms. The highest BCUT2D eigenvalue weighted by Crippen LogP contribution is 2.28. The topological polar surface area (TPSA) is 113 Å². The highest BCUT2D eigenvalue weighted by atomic mass is 16.5. The summed E-state index contributed by atoms with van der Waals surface area (Å²) in [6.45, 7) is 3.29. The lowest BCUT2D eigenvalue weighted by Gasteiger charge is -2.22. The van der Waals surface area contributed by atoms with Crippen LogP contribution in [0.2, 0.25) is 0 Å². The van der Waals surface area contributed by atoms with Gasteiger partial charge in [-0.2, -0.15) is 0 Å². The summed E-state index contributed by atoms with van der Waals surface area (Å²) in [6.07, 6.45) is 2.48. The van der Waals surface area contributed by atoms with Gasteiger partial charge in [0.2, 0.25) is 11.2 Å². The van der Waals surface area contributed by atoms with E-state index in [0.29, 0.717) is 36.6 Å². The SMILES string of the molecule is CCOc1ccc(Oc2coc3c(C[NH+]4CCC[C@H]4C(=O)[O-])c(O)ccc3c2=O)cc1. The van der Waals surface area contributed by atoms with E-state index in [4.69, 9.17) is 13.9 Å². The molecule has 0 amide bonds. The molecule has 0 bridgehead atoms. The number of carboxylic acid groups (broad SMARTS) is 1. The first-order chi connectivity index (χ1) is 15.0. The van der Waals surface area contributed by atoms with Gasteiger partial charge in [-0.3, -0.25) is 4.79 Å². The van der Waals surface area contributed by atoms with Gasteiger partial charge >= 0.3 is 0 Å². The number of aromatic hydroxyl groups is 1. The molecule has 8 nitrogen and oxygen atoms in total. The van der Waals surface area contributed by atoms with E-state index in [1.807, 2.05) is 6.92 Å². The Morgan fingerprint density at radius 2 is 1.97 bits per heavy atom. The fourth-order valence-corrected chi connectivity index (χ4v) is 4.00. The van der Waals surface area contributed by atoms with E-state index in [2.05, 4.69) is 0 Å². The fraction of sp³-hybridized carbons (Fsp3) is 0.304. The molecule has 4 rings (SSSR count). The minimum absolute atomic E-state index is 0.00873. The van der Waals surface area contributed by atoms with Crippen molar-refractivity contribution in [1.82, 2.24) is 0 Å². The number of benzene rings is 2. The molecular weight excluding hydrogens is 402 g/mol. The van der Waals surface area contributed by atoms with Gasteiger partial charge < -0.3 is 33.8 Å². The number of aliphatic carboxylic acids is 1. The Balaban J connectivity index is 1.65. The molecule has 0 saturated carbocycles. The Morgan fingerprint density at radius 1 is 1.23 bits per heavy atom. The molecule has 1 unspecified atom stereocenters. The largest absolute Gasteiger partial charge is 0.544 e. The van der Waals surface area contributed by atoms with Crippen molar-refractivity contribution in [3.8, 4) is 23.0 Å². The lowest BCUT2D eigenvalue weighted by molar-refractivity contribution is -0.919. The summed E-state index contributed by atoms with van der Waals surface area (Å²) in [5.41, 5.74) is 0.232. The van der Waals surface area contributed by atoms with Crippen LogP contribution in [-0.2, 0) is 11.3 Å². The minimum Gasteiger partial charge on any atom is -0.544 e. The number of nitrogens with one attached hydrogen (secondary N) is 1. The number of hydrogen-bond donors (Lipinski definition) is 2. The van der Waals surface area contributed by atoms with Crippen molar-refractivity contribution in [2.45, 2.75) is 32.4 Å². The predicted molar refractivity (Wildman–Crippen MR) is 109 cm³/mol. The maximum absolute atomic E-state index is 13.0. The number of phenols is 1. The molecule has 0 aliphatic carbocycles. The number of rotatable bonds is 7. The molecule has 1 aromatic heterocycles. The first-order valence-corrected chi connectivity index (χ1v) is 10.2. The first-order valence-electron chi connectivity index (χ1n) is 10.2.